The number of carbonyl (C=O) groups is 1. The highest BCUT2D eigenvalue weighted by atomic mass is 16.5. The first-order valence-electron chi connectivity index (χ1n) is 13.1. The van der Waals surface area contributed by atoms with E-state index in [1.807, 2.05) is 17.0 Å². The highest BCUT2D eigenvalue weighted by molar-refractivity contribution is 5.76. The number of ether oxygens (including phenoxy) is 1. The Kier molecular flexibility index (Phi) is 8.98. The number of rotatable bonds is 10. The summed E-state index contributed by atoms with van der Waals surface area (Å²) in [5.41, 5.74) is 3.86. The Hall–Kier alpha value is -1.95. The van der Waals surface area contributed by atoms with Gasteiger partial charge in [0.2, 0.25) is 5.91 Å². The second kappa shape index (κ2) is 12.1. The third-order valence-electron chi connectivity index (χ3n) is 7.79. The fourth-order valence-corrected chi connectivity index (χ4v) is 5.97. The van der Waals surface area contributed by atoms with Gasteiger partial charge >= 0.3 is 0 Å². The summed E-state index contributed by atoms with van der Waals surface area (Å²) in [5, 5.41) is 21.1. The molecule has 3 aliphatic rings. The molecule has 1 aromatic carbocycles. The van der Waals surface area contributed by atoms with Crippen molar-refractivity contribution in [2.24, 2.45) is 17.8 Å². The van der Waals surface area contributed by atoms with Gasteiger partial charge in [-0.3, -0.25) is 4.79 Å². The number of carbonyl (C=O) groups excluding carboxylic acids is 1. The van der Waals surface area contributed by atoms with Gasteiger partial charge in [-0.05, 0) is 56.4 Å². The Morgan fingerprint density at radius 3 is 2.85 bits per heavy atom. The van der Waals surface area contributed by atoms with Crippen LogP contribution in [0.4, 0.5) is 0 Å². The Labute approximate surface area is 204 Å². The molecule has 34 heavy (non-hydrogen) atoms. The summed E-state index contributed by atoms with van der Waals surface area (Å²) in [4.78, 5) is 14.2. The molecule has 0 spiro atoms. The van der Waals surface area contributed by atoms with Gasteiger partial charge in [0.1, 0.15) is 0 Å². The maximum Gasteiger partial charge on any atom is 0.222 e. The van der Waals surface area contributed by atoms with E-state index in [2.05, 4.69) is 37.3 Å². The Morgan fingerprint density at radius 2 is 2.06 bits per heavy atom. The largest absolute Gasteiger partial charge is 0.392 e. The molecule has 2 aliphatic carbocycles. The monoisotopic (exact) mass is 467 g/mol. The number of benzene rings is 1. The van der Waals surface area contributed by atoms with Crippen LogP contribution in [-0.2, 0) is 16.0 Å². The van der Waals surface area contributed by atoms with E-state index in [0.717, 1.165) is 57.2 Å². The zero-order chi connectivity index (χ0) is 23.9. The number of aliphatic hydroxyl groups is 2. The second-order valence-electron chi connectivity index (χ2n) is 10.4. The van der Waals surface area contributed by atoms with Gasteiger partial charge in [-0.25, -0.2) is 0 Å². The first kappa shape index (κ1) is 25.2. The molecule has 1 saturated carbocycles. The standard InChI is InChI=1S/C29H41NO4/c1-21-6-5-8-22(16-21)18-25(31)10-11-26-27-19-23(17-24(27)20-28(26)32)7-3-2-4-9-29(33)30-12-14-34-15-13-30/h5-6,8,10-11,16-17,24-28,31-32H,2-4,7,9,12-15,18-20H2,1H3/b11-10+/t24-,25-,26+,27-,28+/m0/s1. The number of fused-ring (bicyclic) bond motifs is 1. The maximum atomic E-state index is 12.3. The molecular formula is C29H41NO4. The minimum absolute atomic E-state index is 0.122. The average Bonchev–Trinajstić information content (AvgIpc) is 3.34. The van der Waals surface area contributed by atoms with E-state index in [1.165, 1.54) is 11.1 Å². The molecule has 1 heterocycles. The molecule has 5 nitrogen and oxygen atoms in total. The van der Waals surface area contributed by atoms with Crippen LogP contribution in [0, 0.1) is 24.7 Å². The predicted octanol–water partition coefficient (Wildman–Crippen LogP) is 4.21. The Bertz CT molecular complexity index is 873. The topological polar surface area (TPSA) is 70.0 Å². The average molecular weight is 468 g/mol. The summed E-state index contributed by atoms with van der Waals surface area (Å²) < 4.78 is 5.32. The summed E-state index contributed by atoms with van der Waals surface area (Å²) >= 11 is 0. The van der Waals surface area contributed by atoms with Crippen molar-refractivity contribution in [1.82, 2.24) is 4.90 Å². The zero-order valence-electron chi connectivity index (χ0n) is 20.6. The smallest absolute Gasteiger partial charge is 0.222 e. The van der Waals surface area contributed by atoms with E-state index < -0.39 is 6.10 Å². The molecule has 4 rings (SSSR count). The minimum atomic E-state index is -0.526. The highest BCUT2D eigenvalue weighted by Gasteiger charge is 2.43. The van der Waals surface area contributed by atoms with E-state index in [9.17, 15) is 15.0 Å². The van der Waals surface area contributed by atoms with Crippen LogP contribution in [-0.4, -0.2) is 59.5 Å². The van der Waals surface area contributed by atoms with Gasteiger partial charge in [0.05, 0.1) is 25.4 Å². The number of allylic oxidation sites excluding steroid dienone is 2. The number of hydrogen-bond donors (Lipinski definition) is 2. The Balaban J connectivity index is 1.17. The summed E-state index contributed by atoms with van der Waals surface area (Å²) in [6, 6.07) is 8.26. The molecule has 1 aromatic rings. The van der Waals surface area contributed by atoms with Crippen molar-refractivity contribution in [2.75, 3.05) is 26.3 Å². The molecule has 1 saturated heterocycles. The van der Waals surface area contributed by atoms with Gasteiger partial charge in [0.15, 0.2) is 0 Å². The zero-order valence-corrected chi connectivity index (χ0v) is 20.6. The summed E-state index contributed by atoms with van der Waals surface area (Å²) in [7, 11) is 0. The number of amides is 1. The lowest BCUT2D eigenvalue weighted by atomic mass is 9.88. The van der Waals surface area contributed by atoms with Gasteiger partial charge < -0.3 is 19.8 Å². The van der Waals surface area contributed by atoms with E-state index in [1.54, 1.807) is 0 Å². The van der Waals surface area contributed by atoms with Crippen molar-refractivity contribution >= 4 is 5.91 Å². The summed E-state index contributed by atoms with van der Waals surface area (Å²) in [6.07, 6.45) is 12.9. The molecule has 1 amide bonds. The lowest BCUT2D eigenvalue weighted by Gasteiger charge is -2.26. The van der Waals surface area contributed by atoms with E-state index in [-0.39, 0.29) is 17.9 Å². The number of hydrogen-bond acceptors (Lipinski definition) is 4. The first-order valence-corrected chi connectivity index (χ1v) is 13.1. The molecule has 186 valence electrons. The van der Waals surface area contributed by atoms with Crippen LogP contribution in [0.15, 0.2) is 48.1 Å². The minimum Gasteiger partial charge on any atom is -0.392 e. The Morgan fingerprint density at radius 1 is 1.24 bits per heavy atom. The number of aliphatic hydroxyl groups excluding tert-OH is 2. The van der Waals surface area contributed by atoms with Gasteiger partial charge in [0, 0.05) is 31.8 Å². The molecule has 2 fully saturated rings. The number of unbranched alkanes of at least 4 members (excludes halogenated alkanes) is 2. The van der Waals surface area contributed by atoms with Gasteiger partial charge in [-0.15, -0.1) is 0 Å². The van der Waals surface area contributed by atoms with Crippen molar-refractivity contribution in [2.45, 2.75) is 70.5 Å². The molecule has 2 N–H and O–H groups in total. The number of morpholine rings is 1. The van der Waals surface area contributed by atoms with Crippen molar-refractivity contribution in [3.05, 3.63) is 59.2 Å². The first-order chi connectivity index (χ1) is 16.5. The lowest BCUT2D eigenvalue weighted by molar-refractivity contribution is -0.135. The van der Waals surface area contributed by atoms with Crippen LogP contribution in [0.5, 0.6) is 0 Å². The molecule has 0 bridgehead atoms. The second-order valence-corrected chi connectivity index (χ2v) is 10.4. The van der Waals surface area contributed by atoms with Crippen molar-refractivity contribution in [1.29, 1.82) is 0 Å². The lowest BCUT2D eigenvalue weighted by Crippen LogP contribution is -2.40. The maximum absolute atomic E-state index is 12.3. The molecule has 5 heteroatoms. The van der Waals surface area contributed by atoms with Crippen molar-refractivity contribution in [3.8, 4) is 0 Å². The van der Waals surface area contributed by atoms with Crippen LogP contribution >= 0.6 is 0 Å². The third-order valence-corrected chi connectivity index (χ3v) is 7.79. The fourth-order valence-electron chi connectivity index (χ4n) is 5.97. The van der Waals surface area contributed by atoms with Crippen molar-refractivity contribution < 1.29 is 19.7 Å². The molecular weight excluding hydrogens is 426 g/mol. The van der Waals surface area contributed by atoms with Crippen LogP contribution in [0.1, 0.15) is 56.1 Å². The van der Waals surface area contributed by atoms with E-state index in [4.69, 9.17) is 4.74 Å². The molecule has 0 unspecified atom stereocenters. The van der Waals surface area contributed by atoms with Crippen LogP contribution in [0.3, 0.4) is 0 Å². The van der Waals surface area contributed by atoms with E-state index in [0.29, 0.717) is 37.9 Å². The fraction of sp³-hybridized carbons (Fsp3) is 0.621. The number of aryl methyl sites for hydroxylation is 1. The SMILES string of the molecule is Cc1cccc(C[C@@H](O)/C=C/[C@@H]2[C@H]3CC(CCCCCC(=O)N4CCOCC4)=C[C@H]3C[C@H]2O)c1. The van der Waals surface area contributed by atoms with Crippen LogP contribution in [0.25, 0.3) is 0 Å². The molecule has 0 aromatic heterocycles. The molecule has 1 aliphatic heterocycles. The van der Waals surface area contributed by atoms with Crippen LogP contribution < -0.4 is 0 Å². The highest BCUT2D eigenvalue weighted by Crippen LogP contribution is 2.48. The van der Waals surface area contributed by atoms with Crippen LogP contribution in [0.2, 0.25) is 0 Å². The summed E-state index contributed by atoms with van der Waals surface area (Å²) in [5.74, 6) is 1.30. The molecule has 5 atom stereocenters. The van der Waals surface area contributed by atoms with E-state index >= 15 is 0 Å². The van der Waals surface area contributed by atoms with Gasteiger partial charge in [0.25, 0.3) is 0 Å². The molecule has 0 radical (unpaired) electrons. The normalized spacial score (nSPS) is 27.7. The quantitative estimate of drug-likeness (QED) is 0.400. The number of nitrogens with zero attached hydrogens (tertiary/aromatic N) is 1. The predicted molar refractivity (Wildman–Crippen MR) is 134 cm³/mol. The third kappa shape index (κ3) is 6.80. The van der Waals surface area contributed by atoms with Gasteiger partial charge in [-0.1, -0.05) is 60.1 Å². The van der Waals surface area contributed by atoms with Crippen molar-refractivity contribution in [3.63, 3.8) is 0 Å². The summed E-state index contributed by atoms with van der Waals surface area (Å²) in [6.45, 7) is 4.87. The van der Waals surface area contributed by atoms with Gasteiger partial charge in [-0.2, -0.15) is 0 Å².